The fourth-order valence-corrected chi connectivity index (χ4v) is 2.66. The predicted molar refractivity (Wildman–Crippen MR) is 80.4 cm³/mol. The van der Waals surface area contributed by atoms with E-state index < -0.39 is 0 Å². The molecular weight excluding hydrogens is 256 g/mol. The minimum absolute atomic E-state index is 0.356. The summed E-state index contributed by atoms with van der Waals surface area (Å²) in [5.74, 6) is -0.367. The van der Waals surface area contributed by atoms with Crippen LogP contribution in [0, 0.1) is 0 Å². The molecule has 1 atom stereocenters. The molecule has 0 radical (unpaired) electrons. The van der Waals surface area contributed by atoms with E-state index in [9.17, 15) is 4.79 Å². The fraction of sp³-hybridized carbons (Fsp3) is 0.267. The molecule has 3 nitrogen and oxygen atoms in total. The molecule has 0 fully saturated rings. The summed E-state index contributed by atoms with van der Waals surface area (Å²) in [4.78, 5) is 13.9. The Morgan fingerprint density at radius 3 is 2.58 bits per heavy atom. The minimum atomic E-state index is -0.367. The Morgan fingerprint density at radius 1 is 1.26 bits per heavy atom. The van der Waals surface area contributed by atoms with E-state index in [0.717, 1.165) is 11.1 Å². The molecule has 1 aromatic heterocycles. The second-order valence-corrected chi connectivity index (χ2v) is 5.74. The van der Waals surface area contributed by atoms with Crippen molar-refractivity contribution in [2.75, 3.05) is 14.1 Å². The van der Waals surface area contributed by atoms with Crippen LogP contribution < -0.4 is 5.73 Å². The lowest BCUT2D eigenvalue weighted by atomic mass is 10.0. The number of thiophene rings is 1. The van der Waals surface area contributed by atoms with Crippen LogP contribution in [-0.2, 0) is 0 Å². The Labute approximate surface area is 117 Å². The molecule has 1 heterocycles. The zero-order chi connectivity index (χ0) is 14.0. The third kappa shape index (κ3) is 3.03. The van der Waals surface area contributed by atoms with Crippen molar-refractivity contribution < 1.29 is 4.79 Å². The van der Waals surface area contributed by atoms with Gasteiger partial charge in [0.2, 0.25) is 0 Å². The number of hydrogen-bond donors (Lipinski definition) is 1. The number of nitrogens with zero attached hydrogens (tertiary/aromatic N) is 1. The lowest BCUT2D eigenvalue weighted by Gasteiger charge is -2.20. The predicted octanol–water partition coefficient (Wildman–Crippen LogP) is 3.14. The summed E-state index contributed by atoms with van der Waals surface area (Å²) in [6.45, 7) is 2.17. The first-order valence-electron chi connectivity index (χ1n) is 6.14. The molecule has 2 rings (SSSR count). The maximum atomic E-state index is 11.1. The molecular formula is C15H18N2OS. The molecule has 1 unspecified atom stereocenters. The van der Waals surface area contributed by atoms with Crippen LogP contribution in [0.4, 0.5) is 0 Å². The van der Waals surface area contributed by atoms with Gasteiger partial charge in [-0.15, -0.1) is 11.3 Å². The van der Waals surface area contributed by atoms with Gasteiger partial charge in [-0.1, -0.05) is 18.2 Å². The number of rotatable bonds is 4. The van der Waals surface area contributed by atoms with Gasteiger partial charge in [0.05, 0.1) is 4.88 Å². The topological polar surface area (TPSA) is 46.3 Å². The Balaban J connectivity index is 2.34. The molecule has 0 aliphatic heterocycles. The first kappa shape index (κ1) is 13.8. The highest BCUT2D eigenvalue weighted by Gasteiger charge is 2.10. The van der Waals surface area contributed by atoms with Crippen molar-refractivity contribution in [2.45, 2.75) is 13.0 Å². The molecule has 2 aromatic rings. The standard InChI is InChI=1S/C15H18N2OS/c1-10(17(2)3)11-5-4-6-12(7-11)13-8-14(15(16)18)19-9-13/h4-10H,1-3H3,(H2,16,18). The molecule has 100 valence electrons. The lowest BCUT2D eigenvalue weighted by molar-refractivity contribution is 0.100. The van der Waals surface area contributed by atoms with Crippen molar-refractivity contribution in [3.05, 3.63) is 46.2 Å². The normalized spacial score (nSPS) is 12.6. The van der Waals surface area contributed by atoms with Crippen LogP contribution in [0.2, 0.25) is 0 Å². The number of amides is 1. The first-order chi connectivity index (χ1) is 8.99. The summed E-state index contributed by atoms with van der Waals surface area (Å²) in [7, 11) is 4.13. The van der Waals surface area contributed by atoms with Crippen molar-refractivity contribution in [3.63, 3.8) is 0 Å². The Hall–Kier alpha value is -1.65. The van der Waals surface area contributed by atoms with E-state index >= 15 is 0 Å². The molecule has 0 saturated carbocycles. The van der Waals surface area contributed by atoms with E-state index in [1.165, 1.54) is 16.9 Å². The van der Waals surface area contributed by atoms with Crippen LogP contribution in [0.3, 0.4) is 0 Å². The zero-order valence-corrected chi connectivity index (χ0v) is 12.2. The number of benzene rings is 1. The van der Waals surface area contributed by atoms with Gasteiger partial charge in [0.15, 0.2) is 0 Å². The van der Waals surface area contributed by atoms with Crippen LogP contribution >= 0.6 is 11.3 Å². The second kappa shape index (κ2) is 5.55. The van der Waals surface area contributed by atoms with Gasteiger partial charge in [-0.2, -0.15) is 0 Å². The third-order valence-electron chi connectivity index (χ3n) is 3.32. The van der Waals surface area contributed by atoms with Crippen molar-refractivity contribution in [2.24, 2.45) is 5.73 Å². The molecule has 4 heteroatoms. The Bertz CT molecular complexity index is 589. The van der Waals surface area contributed by atoms with Crippen molar-refractivity contribution in [3.8, 4) is 11.1 Å². The average Bonchev–Trinajstić information content (AvgIpc) is 2.87. The van der Waals surface area contributed by atoms with Gasteiger partial charge < -0.3 is 10.6 Å². The maximum Gasteiger partial charge on any atom is 0.258 e. The van der Waals surface area contributed by atoms with E-state index in [4.69, 9.17) is 5.73 Å². The number of hydrogen-bond acceptors (Lipinski definition) is 3. The van der Waals surface area contributed by atoms with Crippen LogP contribution in [0.5, 0.6) is 0 Å². The van der Waals surface area contributed by atoms with Crippen molar-refractivity contribution >= 4 is 17.2 Å². The summed E-state index contributed by atoms with van der Waals surface area (Å²) < 4.78 is 0. The number of nitrogens with two attached hydrogens (primary N) is 1. The highest BCUT2D eigenvalue weighted by atomic mass is 32.1. The number of carbonyl (C=O) groups excluding carboxylic acids is 1. The van der Waals surface area contributed by atoms with Gasteiger partial charge in [0.1, 0.15) is 0 Å². The molecule has 19 heavy (non-hydrogen) atoms. The highest BCUT2D eigenvalue weighted by molar-refractivity contribution is 7.12. The van der Waals surface area contributed by atoms with Crippen molar-refractivity contribution in [1.29, 1.82) is 0 Å². The second-order valence-electron chi connectivity index (χ2n) is 4.83. The molecule has 0 bridgehead atoms. The summed E-state index contributed by atoms with van der Waals surface area (Å²) >= 11 is 1.39. The van der Waals surface area contributed by atoms with Gasteiger partial charge in [0.25, 0.3) is 5.91 Å². The highest BCUT2D eigenvalue weighted by Crippen LogP contribution is 2.28. The van der Waals surface area contributed by atoms with Crippen LogP contribution in [0.25, 0.3) is 11.1 Å². The summed E-state index contributed by atoms with van der Waals surface area (Å²) in [6.07, 6.45) is 0. The monoisotopic (exact) mass is 274 g/mol. The SMILES string of the molecule is CC(c1cccc(-c2csc(C(N)=O)c2)c1)N(C)C. The average molecular weight is 274 g/mol. The van der Waals surface area contributed by atoms with E-state index in [1.54, 1.807) is 0 Å². The molecule has 1 aromatic carbocycles. The van der Waals surface area contributed by atoms with Gasteiger partial charge >= 0.3 is 0 Å². The molecule has 0 spiro atoms. The summed E-state index contributed by atoms with van der Waals surface area (Å²) in [6, 6.07) is 10.6. The quantitative estimate of drug-likeness (QED) is 0.931. The molecule has 0 saturated heterocycles. The largest absolute Gasteiger partial charge is 0.365 e. The van der Waals surface area contributed by atoms with Crippen LogP contribution in [0.1, 0.15) is 28.2 Å². The van der Waals surface area contributed by atoms with Gasteiger partial charge in [-0.05, 0) is 55.2 Å². The van der Waals surface area contributed by atoms with E-state index in [-0.39, 0.29) is 5.91 Å². The summed E-state index contributed by atoms with van der Waals surface area (Å²) in [5.41, 5.74) is 8.71. The molecule has 2 N–H and O–H groups in total. The molecule has 1 amide bonds. The fourth-order valence-electron chi connectivity index (χ4n) is 1.89. The third-order valence-corrected chi connectivity index (χ3v) is 4.26. The smallest absolute Gasteiger partial charge is 0.258 e. The number of carbonyl (C=O) groups is 1. The van der Waals surface area contributed by atoms with E-state index in [1.807, 2.05) is 17.5 Å². The van der Waals surface area contributed by atoms with Crippen LogP contribution in [-0.4, -0.2) is 24.9 Å². The molecule has 0 aliphatic rings. The molecule has 0 aliphatic carbocycles. The minimum Gasteiger partial charge on any atom is -0.365 e. The Morgan fingerprint density at radius 2 is 2.00 bits per heavy atom. The van der Waals surface area contributed by atoms with Crippen molar-refractivity contribution in [1.82, 2.24) is 4.90 Å². The van der Waals surface area contributed by atoms with E-state index in [2.05, 4.69) is 44.1 Å². The lowest BCUT2D eigenvalue weighted by Crippen LogP contribution is -2.16. The van der Waals surface area contributed by atoms with Crippen LogP contribution in [0.15, 0.2) is 35.7 Å². The Kier molecular flexibility index (Phi) is 4.02. The number of primary amides is 1. The zero-order valence-electron chi connectivity index (χ0n) is 11.4. The van der Waals surface area contributed by atoms with E-state index in [0.29, 0.717) is 10.9 Å². The van der Waals surface area contributed by atoms with Gasteiger partial charge in [-0.3, -0.25) is 4.79 Å². The van der Waals surface area contributed by atoms with Gasteiger partial charge in [-0.25, -0.2) is 0 Å². The maximum absolute atomic E-state index is 11.1. The first-order valence-corrected chi connectivity index (χ1v) is 7.02. The van der Waals surface area contributed by atoms with Gasteiger partial charge in [0, 0.05) is 6.04 Å². The summed E-state index contributed by atoms with van der Waals surface area (Å²) in [5, 5.41) is 1.97.